The zero-order valence-corrected chi connectivity index (χ0v) is 16.5. The molecule has 2 aromatic rings. The Morgan fingerprint density at radius 3 is 2.64 bits per heavy atom. The molecule has 28 heavy (non-hydrogen) atoms. The van der Waals surface area contributed by atoms with Gasteiger partial charge >= 0.3 is 0 Å². The molecule has 1 aliphatic rings. The second-order valence-corrected chi connectivity index (χ2v) is 8.38. The molecule has 0 radical (unpaired) electrons. The van der Waals surface area contributed by atoms with Crippen LogP contribution in [0.4, 0.5) is 5.69 Å². The maximum atomic E-state index is 13.1. The Balaban J connectivity index is 1.80. The van der Waals surface area contributed by atoms with Crippen LogP contribution < -0.4 is 14.4 Å². The lowest BCUT2D eigenvalue weighted by molar-refractivity contribution is -0.127. The average Bonchev–Trinajstić information content (AvgIpc) is 2.70. The van der Waals surface area contributed by atoms with Crippen LogP contribution in [0.15, 0.2) is 54.6 Å². The second-order valence-electron chi connectivity index (χ2n) is 6.48. The summed E-state index contributed by atoms with van der Waals surface area (Å²) in [5, 5.41) is 2.77. The lowest BCUT2D eigenvalue weighted by atomic mass is 10.2. The SMILES string of the molecule is COCCCNC(=O)[C@H]1CN(S(=O)(=O)Cc2ccccc2)c2ccccc2O1. The number of hydrogen-bond donors (Lipinski definition) is 1. The van der Waals surface area contributed by atoms with E-state index in [1.54, 1.807) is 55.6 Å². The van der Waals surface area contributed by atoms with Crippen LogP contribution >= 0.6 is 0 Å². The molecule has 7 nitrogen and oxygen atoms in total. The predicted molar refractivity (Wildman–Crippen MR) is 107 cm³/mol. The molecule has 0 bridgehead atoms. The van der Waals surface area contributed by atoms with E-state index in [9.17, 15) is 13.2 Å². The van der Waals surface area contributed by atoms with E-state index in [-0.39, 0.29) is 18.2 Å². The van der Waals surface area contributed by atoms with Crippen molar-refractivity contribution in [3.63, 3.8) is 0 Å². The molecule has 0 aliphatic carbocycles. The quantitative estimate of drug-likeness (QED) is 0.680. The highest BCUT2D eigenvalue weighted by Crippen LogP contribution is 2.35. The van der Waals surface area contributed by atoms with Crippen LogP contribution in [0.2, 0.25) is 0 Å². The fraction of sp³-hybridized carbons (Fsp3) is 0.350. The molecule has 1 aliphatic heterocycles. The molecule has 0 aromatic heterocycles. The van der Waals surface area contributed by atoms with Gasteiger partial charge in [-0.15, -0.1) is 0 Å². The number of para-hydroxylation sites is 2. The monoisotopic (exact) mass is 404 g/mol. The number of rotatable bonds is 8. The van der Waals surface area contributed by atoms with Crippen molar-refractivity contribution in [1.29, 1.82) is 0 Å². The first-order valence-electron chi connectivity index (χ1n) is 9.08. The molecule has 2 aromatic carbocycles. The molecule has 1 amide bonds. The number of nitrogens with one attached hydrogen (secondary N) is 1. The first-order chi connectivity index (χ1) is 13.5. The number of fused-ring (bicyclic) bond motifs is 1. The van der Waals surface area contributed by atoms with Gasteiger partial charge in [-0.05, 0) is 24.1 Å². The Morgan fingerprint density at radius 1 is 1.18 bits per heavy atom. The Bertz CT molecular complexity index is 902. The fourth-order valence-electron chi connectivity index (χ4n) is 3.01. The van der Waals surface area contributed by atoms with Crippen molar-refractivity contribution < 1.29 is 22.7 Å². The van der Waals surface area contributed by atoms with Crippen molar-refractivity contribution >= 4 is 21.6 Å². The van der Waals surface area contributed by atoms with Crippen molar-refractivity contribution in [1.82, 2.24) is 5.32 Å². The summed E-state index contributed by atoms with van der Waals surface area (Å²) in [6.45, 7) is 0.902. The van der Waals surface area contributed by atoms with Crippen LogP contribution in [-0.2, 0) is 25.3 Å². The molecule has 150 valence electrons. The van der Waals surface area contributed by atoms with Crippen LogP contribution in [0.5, 0.6) is 5.75 Å². The van der Waals surface area contributed by atoms with Gasteiger partial charge in [-0.25, -0.2) is 8.42 Å². The van der Waals surface area contributed by atoms with Crippen molar-refractivity contribution in [2.45, 2.75) is 18.3 Å². The van der Waals surface area contributed by atoms with E-state index in [2.05, 4.69) is 5.32 Å². The topological polar surface area (TPSA) is 84.9 Å². The van der Waals surface area contributed by atoms with Crippen molar-refractivity contribution in [3.8, 4) is 5.75 Å². The molecule has 1 atom stereocenters. The molecule has 1 N–H and O–H groups in total. The molecule has 0 spiro atoms. The van der Waals surface area contributed by atoms with Gasteiger partial charge in [0.25, 0.3) is 5.91 Å². The minimum atomic E-state index is -3.69. The normalized spacial score (nSPS) is 16.2. The molecule has 0 saturated carbocycles. The number of anilines is 1. The number of hydrogen-bond acceptors (Lipinski definition) is 5. The number of ether oxygens (including phenoxy) is 2. The van der Waals surface area contributed by atoms with Crippen LogP contribution in [0.3, 0.4) is 0 Å². The van der Waals surface area contributed by atoms with Crippen LogP contribution in [0.25, 0.3) is 0 Å². The Morgan fingerprint density at radius 2 is 1.89 bits per heavy atom. The number of carbonyl (C=O) groups is 1. The van der Waals surface area contributed by atoms with Crippen LogP contribution in [-0.4, -0.2) is 47.2 Å². The summed E-state index contributed by atoms with van der Waals surface area (Å²) in [7, 11) is -2.10. The average molecular weight is 404 g/mol. The standard InChI is InChI=1S/C20H24N2O5S/c1-26-13-7-12-21-20(23)19-14-22(17-10-5-6-11-18(17)27-19)28(24,25)15-16-8-3-2-4-9-16/h2-6,8-11,19H,7,12-15H2,1H3,(H,21,23)/t19-/m1/s1. The van der Waals surface area contributed by atoms with Gasteiger partial charge in [-0.3, -0.25) is 9.10 Å². The summed E-state index contributed by atoms with van der Waals surface area (Å²) in [6.07, 6.45) is -0.246. The first kappa shape index (κ1) is 20.2. The molecular weight excluding hydrogens is 380 g/mol. The van der Waals surface area contributed by atoms with Gasteiger partial charge in [0, 0.05) is 20.3 Å². The number of nitrogens with zero attached hydrogens (tertiary/aromatic N) is 1. The Hall–Kier alpha value is -2.58. The third-order valence-electron chi connectivity index (χ3n) is 4.38. The Labute approximate surface area is 165 Å². The first-order valence-corrected chi connectivity index (χ1v) is 10.7. The van der Waals surface area contributed by atoms with E-state index in [1.165, 1.54) is 4.31 Å². The van der Waals surface area contributed by atoms with E-state index < -0.39 is 16.1 Å². The number of sulfonamides is 1. The summed E-state index contributed by atoms with van der Waals surface area (Å²) in [4.78, 5) is 12.5. The number of methoxy groups -OCH3 is 1. The molecule has 8 heteroatoms. The van der Waals surface area contributed by atoms with Crippen molar-refractivity contribution in [2.24, 2.45) is 0 Å². The van der Waals surface area contributed by atoms with Crippen molar-refractivity contribution in [2.75, 3.05) is 31.1 Å². The van der Waals surface area contributed by atoms with E-state index >= 15 is 0 Å². The lowest BCUT2D eigenvalue weighted by Gasteiger charge is -2.34. The number of benzene rings is 2. The van der Waals surface area contributed by atoms with Crippen LogP contribution in [0.1, 0.15) is 12.0 Å². The van der Waals surface area contributed by atoms with E-state index in [1.807, 2.05) is 6.07 Å². The summed E-state index contributed by atoms with van der Waals surface area (Å²) in [5.74, 6) is -0.113. The Kier molecular flexibility index (Phi) is 6.53. The molecule has 0 unspecified atom stereocenters. The molecule has 0 fully saturated rings. The van der Waals surface area contributed by atoms with Crippen LogP contribution in [0, 0.1) is 0 Å². The smallest absolute Gasteiger partial charge is 0.263 e. The largest absolute Gasteiger partial charge is 0.476 e. The minimum absolute atomic E-state index is 0.0672. The summed E-state index contributed by atoms with van der Waals surface area (Å²) < 4.78 is 38.2. The number of amides is 1. The summed E-state index contributed by atoms with van der Waals surface area (Å²) in [5.41, 5.74) is 1.13. The zero-order chi connectivity index (χ0) is 20.0. The summed E-state index contributed by atoms with van der Waals surface area (Å²) in [6, 6.07) is 15.8. The van der Waals surface area contributed by atoms with Gasteiger partial charge in [-0.2, -0.15) is 0 Å². The second kappa shape index (κ2) is 9.07. The fourth-order valence-corrected chi connectivity index (χ4v) is 4.59. The minimum Gasteiger partial charge on any atom is -0.476 e. The highest BCUT2D eigenvalue weighted by atomic mass is 32.2. The van der Waals surface area contributed by atoms with Crippen molar-refractivity contribution in [3.05, 3.63) is 60.2 Å². The van der Waals surface area contributed by atoms with Gasteiger partial charge in [0.05, 0.1) is 18.0 Å². The van der Waals surface area contributed by atoms with Gasteiger partial charge in [0.1, 0.15) is 5.75 Å². The third kappa shape index (κ3) is 4.82. The maximum absolute atomic E-state index is 13.1. The zero-order valence-electron chi connectivity index (χ0n) is 15.7. The van der Waals surface area contributed by atoms with E-state index in [0.29, 0.717) is 36.6 Å². The van der Waals surface area contributed by atoms with Gasteiger partial charge < -0.3 is 14.8 Å². The van der Waals surface area contributed by atoms with Gasteiger partial charge in [-0.1, -0.05) is 42.5 Å². The highest BCUT2D eigenvalue weighted by Gasteiger charge is 2.36. The molecule has 0 saturated heterocycles. The van der Waals surface area contributed by atoms with E-state index in [4.69, 9.17) is 9.47 Å². The summed E-state index contributed by atoms with van der Waals surface area (Å²) >= 11 is 0. The predicted octanol–water partition coefficient (Wildman–Crippen LogP) is 1.94. The van der Waals surface area contributed by atoms with Gasteiger partial charge in [0.15, 0.2) is 6.10 Å². The third-order valence-corrected chi connectivity index (χ3v) is 6.09. The molecular formula is C20H24N2O5S. The van der Waals surface area contributed by atoms with Gasteiger partial charge in [0.2, 0.25) is 10.0 Å². The van der Waals surface area contributed by atoms with E-state index in [0.717, 1.165) is 0 Å². The lowest BCUT2D eigenvalue weighted by Crippen LogP contribution is -2.51. The molecule has 3 rings (SSSR count). The highest BCUT2D eigenvalue weighted by molar-refractivity contribution is 7.92. The number of carbonyl (C=O) groups excluding carboxylic acids is 1. The molecule has 1 heterocycles. The maximum Gasteiger partial charge on any atom is 0.263 e.